The molecule has 0 rings (SSSR count). The Morgan fingerprint density at radius 3 is 1.76 bits per heavy atom. The van der Waals surface area contributed by atoms with Crippen LogP contribution in [-0.2, 0) is 0 Å². The van der Waals surface area contributed by atoms with Gasteiger partial charge in [-0.05, 0) is 24.8 Å². The Kier molecular flexibility index (Phi) is 12.4. The second-order valence-electron chi connectivity index (χ2n) is 5.61. The fourth-order valence-electron chi connectivity index (χ4n) is 2.66. The zero-order valence-corrected chi connectivity index (χ0v) is 12.5. The molecule has 0 aliphatic heterocycles. The fraction of sp³-hybridized carbons (Fsp3) is 1.00. The van der Waals surface area contributed by atoms with Crippen LogP contribution in [0.3, 0.4) is 0 Å². The SMILES string of the molecule is CCC(C)C(CC)CCCCCCCCCN. The number of rotatable bonds is 12. The zero-order chi connectivity index (χ0) is 12.9. The molecule has 0 spiro atoms. The lowest BCUT2D eigenvalue weighted by Gasteiger charge is -2.21. The first-order valence-electron chi connectivity index (χ1n) is 7.96. The molecule has 2 unspecified atom stereocenters. The fourth-order valence-corrected chi connectivity index (χ4v) is 2.66. The van der Waals surface area contributed by atoms with Crippen molar-refractivity contribution in [2.75, 3.05) is 6.54 Å². The summed E-state index contributed by atoms with van der Waals surface area (Å²) in [7, 11) is 0. The van der Waals surface area contributed by atoms with Gasteiger partial charge in [0.2, 0.25) is 0 Å². The molecule has 0 fully saturated rings. The molecule has 2 atom stereocenters. The number of nitrogens with two attached hydrogens (primary N) is 1. The van der Waals surface area contributed by atoms with Gasteiger partial charge in [0.25, 0.3) is 0 Å². The molecule has 1 heteroatoms. The Labute approximate surface area is 110 Å². The first-order valence-corrected chi connectivity index (χ1v) is 7.96. The lowest BCUT2D eigenvalue weighted by atomic mass is 9.85. The molecule has 0 aromatic carbocycles. The quantitative estimate of drug-likeness (QED) is 0.470. The van der Waals surface area contributed by atoms with Crippen LogP contribution in [0.1, 0.15) is 85.0 Å². The standard InChI is InChI=1S/C16H35N/c1-4-15(3)16(5-2)13-11-9-7-6-8-10-12-14-17/h15-16H,4-14,17H2,1-3H3. The van der Waals surface area contributed by atoms with Crippen LogP contribution in [0.4, 0.5) is 0 Å². The third kappa shape index (κ3) is 9.64. The van der Waals surface area contributed by atoms with Crippen LogP contribution in [0.15, 0.2) is 0 Å². The van der Waals surface area contributed by atoms with Crippen LogP contribution in [-0.4, -0.2) is 6.54 Å². The van der Waals surface area contributed by atoms with Gasteiger partial charge < -0.3 is 5.73 Å². The van der Waals surface area contributed by atoms with Crippen LogP contribution in [0, 0.1) is 11.8 Å². The van der Waals surface area contributed by atoms with Crippen molar-refractivity contribution in [1.29, 1.82) is 0 Å². The van der Waals surface area contributed by atoms with Gasteiger partial charge in [-0.2, -0.15) is 0 Å². The molecule has 1 nitrogen and oxygen atoms in total. The Balaban J connectivity index is 3.31. The van der Waals surface area contributed by atoms with Gasteiger partial charge in [-0.15, -0.1) is 0 Å². The lowest BCUT2D eigenvalue weighted by molar-refractivity contribution is 0.307. The number of hydrogen-bond acceptors (Lipinski definition) is 1. The highest BCUT2D eigenvalue weighted by molar-refractivity contribution is 4.64. The third-order valence-corrected chi connectivity index (χ3v) is 4.25. The molecule has 0 aliphatic rings. The second kappa shape index (κ2) is 12.4. The van der Waals surface area contributed by atoms with Gasteiger partial charge in [-0.3, -0.25) is 0 Å². The molecule has 0 aliphatic carbocycles. The van der Waals surface area contributed by atoms with Crippen molar-refractivity contribution in [3.05, 3.63) is 0 Å². The second-order valence-corrected chi connectivity index (χ2v) is 5.61. The van der Waals surface area contributed by atoms with Crippen molar-refractivity contribution in [3.63, 3.8) is 0 Å². The Bertz CT molecular complexity index is 144. The van der Waals surface area contributed by atoms with Crippen LogP contribution in [0.25, 0.3) is 0 Å². The molecule has 0 heterocycles. The molecule has 0 saturated carbocycles. The van der Waals surface area contributed by atoms with Gasteiger partial charge in [0, 0.05) is 0 Å². The van der Waals surface area contributed by atoms with E-state index in [0.29, 0.717) is 0 Å². The summed E-state index contributed by atoms with van der Waals surface area (Å²) in [5, 5.41) is 0. The van der Waals surface area contributed by atoms with Crippen LogP contribution in [0.5, 0.6) is 0 Å². The highest BCUT2D eigenvalue weighted by atomic mass is 14.5. The summed E-state index contributed by atoms with van der Waals surface area (Å²) in [6, 6.07) is 0. The summed E-state index contributed by atoms with van der Waals surface area (Å²) < 4.78 is 0. The van der Waals surface area contributed by atoms with E-state index in [-0.39, 0.29) is 0 Å². The van der Waals surface area contributed by atoms with Crippen molar-refractivity contribution >= 4 is 0 Å². The van der Waals surface area contributed by atoms with Gasteiger partial charge in [0.05, 0.1) is 0 Å². The van der Waals surface area contributed by atoms with Crippen molar-refractivity contribution in [2.45, 2.75) is 85.0 Å². The van der Waals surface area contributed by atoms with Crippen LogP contribution < -0.4 is 5.73 Å². The average molecular weight is 241 g/mol. The molecule has 0 aromatic rings. The minimum atomic E-state index is 0.868. The minimum absolute atomic E-state index is 0.868. The smallest absolute Gasteiger partial charge is 0.00773 e. The van der Waals surface area contributed by atoms with E-state index in [1.54, 1.807) is 0 Å². The van der Waals surface area contributed by atoms with Gasteiger partial charge in [0.1, 0.15) is 0 Å². The normalized spacial score (nSPS) is 14.8. The Morgan fingerprint density at radius 2 is 1.29 bits per heavy atom. The first-order chi connectivity index (χ1) is 8.26. The largest absolute Gasteiger partial charge is 0.330 e. The summed E-state index contributed by atoms with van der Waals surface area (Å²) in [4.78, 5) is 0. The molecule has 0 saturated heterocycles. The lowest BCUT2D eigenvalue weighted by Crippen LogP contribution is -2.09. The summed E-state index contributed by atoms with van der Waals surface area (Å²) in [6.07, 6.45) is 13.8. The van der Waals surface area contributed by atoms with E-state index in [1.807, 2.05) is 0 Å². The monoisotopic (exact) mass is 241 g/mol. The highest BCUT2D eigenvalue weighted by Gasteiger charge is 2.12. The molecule has 0 aromatic heterocycles. The van der Waals surface area contributed by atoms with Crippen LogP contribution in [0.2, 0.25) is 0 Å². The average Bonchev–Trinajstić information content (AvgIpc) is 2.36. The molecule has 104 valence electrons. The summed E-state index contributed by atoms with van der Waals surface area (Å²) >= 11 is 0. The maximum absolute atomic E-state index is 5.48. The van der Waals surface area contributed by atoms with E-state index in [9.17, 15) is 0 Å². The van der Waals surface area contributed by atoms with Crippen molar-refractivity contribution in [1.82, 2.24) is 0 Å². The van der Waals surface area contributed by atoms with Crippen LogP contribution >= 0.6 is 0 Å². The van der Waals surface area contributed by atoms with Gasteiger partial charge in [-0.25, -0.2) is 0 Å². The summed E-state index contributed by atoms with van der Waals surface area (Å²) in [6.45, 7) is 7.96. The van der Waals surface area contributed by atoms with E-state index < -0.39 is 0 Å². The maximum Gasteiger partial charge on any atom is -0.00773 e. The molecule has 0 radical (unpaired) electrons. The molecular formula is C16H35N. The Hall–Kier alpha value is -0.0400. The maximum atomic E-state index is 5.48. The Morgan fingerprint density at radius 1 is 0.765 bits per heavy atom. The highest BCUT2D eigenvalue weighted by Crippen LogP contribution is 2.24. The molecule has 0 amide bonds. The van der Waals surface area contributed by atoms with E-state index in [0.717, 1.165) is 18.4 Å². The van der Waals surface area contributed by atoms with Gasteiger partial charge >= 0.3 is 0 Å². The zero-order valence-electron chi connectivity index (χ0n) is 12.5. The molecule has 17 heavy (non-hydrogen) atoms. The summed E-state index contributed by atoms with van der Waals surface area (Å²) in [5.74, 6) is 1.89. The van der Waals surface area contributed by atoms with E-state index >= 15 is 0 Å². The van der Waals surface area contributed by atoms with E-state index in [1.165, 1.54) is 64.2 Å². The molecule has 2 N–H and O–H groups in total. The number of unbranched alkanes of at least 4 members (excludes halogenated alkanes) is 6. The van der Waals surface area contributed by atoms with Crippen molar-refractivity contribution in [2.24, 2.45) is 17.6 Å². The third-order valence-electron chi connectivity index (χ3n) is 4.25. The number of hydrogen-bond donors (Lipinski definition) is 1. The van der Waals surface area contributed by atoms with E-state index in [2.05, 4.69) is 20.8 Å². The molecular weight excluding hydrogens is 206 g/mol. The first kappa shape index (κ1) is 17.0. The van der Waals surface area contributed by atoms with Gasteiger partial charge in [-0.1, -0.05) is 78.6 Å². The summed E-state index contributed by atoms with van der Waals surface area (Å²) in [5.41, 5.74) is 5.48. The molecule has 0 bridgehead atoms. The predicted octanol–water partition coefficient (Wildman–Crippen LogP) is 5.14. The predicted molar refractivity (Wildman–Crippen MR) is 79.2 cm³/mol. The van der Waals surface area contributed by atoms with Crippen molar-refractivity contribution < 1.29 is 0 Å². The van der Waals surface area contributed by atoms with Crippen molar-refractivity contribution in [3.8, 4) is 0 Å². The van der Waals surface area contributed by atoms with E-state index in [4.69, 9.17) is 5.73 Å². The minimum Gasteiger partial charge on any atom is -0.330 e. The van der Waals surface area contributed by atoms with Gasteiger partial charge in [0.15, 0.2) is 0 Å². The topological polar surface area (TPSA) is 26.0 Å².